The van der Waals surface area contributed by atoms with Crippen molar-refractivity contribution in [3.05, 3.63) is 43.9 Å². The molecular formula is C11H13BrN2O2. The van der Waals surface area contributed by atoms with Gasteiger partial charge in [0, 0.05) is 15.9 Å². The molecule has 0 N–H and O–H groups in total. The van der Waals surface area contributed by atoms with E-state index in [0.717, 1.165) is 23.0 Å². The van der Waals surface area contributed by atoms with E-state index in [0.29, 0.717) is 0 Å². The van der Waals surface area contributed by atoms with Gasteiger partial charge in [-0.25, -0.2) is 0 Å². The highest BCUT2D eigenvalue weighted by atomic mass is 79.9. The van der Waals surface area contributed by atoms with Crippen molar-refractivity contribution < 1.29 is 4.92 Å². The Kier molecular flexibility index (Phi) is 3.25. The first-order valence-corrected chi connectivity index (χ1v) is 5.97. The highest BCUT2D eigenvalue weighted by molar-refractivity contribution is 9.10. The van der Waals surface area contributed by atoms with E-state index in [1.807, 2.05) is 19.2 Å². The maximum Gasteiger partial charge on any atom is 0.223 e. The minimum absolute atomic E-state index is 0.0278. The molecule has 1 aromatic rings. The van der Waals surface area contributed by atoms with Gasteiger partial charge in [0.2, 0.25) is 6.54 Å². The van der Waals surface area contributed by atoms with Gasteiger partial charge in [-0.05, 0) is 36.7 Å². The number of hydrogen-bond acceptors (Lipinski definition) is 3. The second kappa shape index (κ2) is 4.51. The Morgan fingerprint density at radius 1 is 1.62 bits per heavy atom. The number of rotatable bonds is 2. The molecule has 0 fully saturated rings. The third kappa shape index (κ3) is 2.25. The zero-order valence-electron chi connectivity index (χ0n) is 9.02. The molecule has 0 aliphatic carbocycles. The first-order chi connectivity index (χ1) is 7.58. The summed E-state index contributed by atoms with van der Waals surface area (Å²) >= 11 is 3.42. The molecule has 2 rings (SSSR count). The summed E-state index contributed by atoms with van der Waals surface area (Å²) < 4.78 is 0.981. The lowest BCUT2D eigenvalue weighted by molar-refractivity contribution is -0.488. The van der Waals surface area contributed by atoms with Crippen LogP contribution in [0.2, 0.25) is 0 Å². The van der Waals surface area contributed by atoms with Crippen molar-refractivity contribution in [3.8, 4) is 0 Å². The predicted molar refractivity (Wildman–Crippen MR) is 65.1 cm³/mol. The lowest BCUT2D eigenvalue weighted by Gasteiger charge is -2.32. The zero-order valence-corrected chi connectivity index (χ0v) is 10.6. The van der Waals surface area contributed by atoms with Crippen molar-refractivity contribution in [2.24, 2.45) is 0 Å². The fraction of sp³-hybridized carbons (Fsp3) is 0.455. The van der Waals surface area contributed by atoms with E-state index in [-0.39, 0.29) is 17.5 Å². The Balaban J connectivity index is 2.38. The van der Waals surface area contributed by atoms with Gasteiger partial charge in [0.1, 0.15) is 6.04 Å². The molecule has 86 valence electrons. The molecule has 1 aromatic carbocycles. The van der Waals surface area contributed by atoms with Crippen LogP contribution >= 0.6 is 15.9 Å². The molecule has 0 radical (unpaired) electrons. The summed E-state index contributed by atoms with van der Waals surface area (Å²) in [4.78, 5) is 12.5. The Morgan fingerprint density at radius 3 is 3.06 bits per heavy atom. The van der Waals surface area contributed by atoms with Crippen molar-refractivity contribution >= 4 is 15.9 Å². The first kappa shape index (κ1) is 11.5. The van der Waals surface area contributed by atoms with Gasteiger partial charge in [0.25, 0.3) is 0 Å². The van der Waals surface area contributed by atoms with Gasteiger partial charge in [-0.1, -0.05) is 22.0 Å². The van der Waals surface area contributed by atoms with Gasteiger partial charge < -0.3 is 0 Å². The van der Waals surface area contributed by atoms with Crippen molar-refractivity contribution in [2.45, 2.75) is 12.5 Å². The Labute approximate surface area is 103 Å². The second-order valence-corrected chi connectivity index (χ2v) is 5.02. The van der Waals surface area contributed by atoms with Crippen molar-refractivity contribution in [3.63, 3.8) is 0 Å². The molecule has 1 atom stereocenters. The van der Waals surface area contributed by atoms with E-state index in [9.17, 15) is 10.1 Å². The van der Waals surface area contributed by atoms with Crippen LogP contribution in [0.1, 0.15) is 17.2 Å². The summed E-state index contributed by atoms with van der Waals surface area (Å²) in [5.41, 5.74) is 2.31. The normalized spacial score (nSPS) is 20.5. The molecule has 0 saturated carbocycles. The minimum Gasteiger partial charge on any atom is -0.293 e. The van der Waals surface area contributed by atoms with E-state index < -0.39 is 0 Å². The topological polar surface area (TPSA) is 46.4 Å². The molecule has 16 heavy (non-hydrogen) atoms. The number of likely N-dealkylation sites (N-methyl/N-ethyl adjacent to an activating group) is 1. The molecule has 1 heterocycles. The van der Waals surface area contributed by atoms with Crippen LogP contribution in [0.3, 0.4) is 0 Å². The summed E-state index contributed by atoms with van der Waals surface area (Å²) in [5, 5.41) is 10.7. The average molecular weight is 285 g/mol. The quantitative estimate of drug-likeness (QED) is 0.618. The number of hydrogen-bond donors (Lipinski definition) is 0. The predicted octanol–water partition coefficient (Wildman–Crippen LogP) is 2.25. The third-order valence-electron chi connectivity index (χ3n) is 3.05. The van der Waals surface area contributed by atoms with Crippen LogP contribution in [0.4, 0.5) is 0 Å². The molecule has 0 amide bonds. The summed E-state index contributed by atoms with van der Waals surface area (Å²) in [7, 11) is 1.94. The molecule has 5 heteroatoms. The fourth-order valence-corrected chi connectivity index (χ4v) is 2.55. The van der Waals surface area contributed by atoms with Gasteiger partial charge in [-0.15, -0.1) is 0 Å². The van der Waals surface area contributed by atoms with E-state index in [1.165, 1.54) is 5.56 Å². The van der Waals surface area contributed by atoms with E-state index in [2.05, 4.69) is 26.9 Å². The van der Waals surface area contributed by atoms with Gasteiger partial charge >= 0.3 is 0 Å². The second-order valence-electron chi connectivity index (χ2n) is 4.10. The Hall–Kier alpha value is -0.940. The van der Waals surface area contributed by atoms with Crippen LogP contribution in [0.5, 0.6) is 0 Å². The monoisotopic (exact) mass is 284 g/mol. The lowest BCUT2D eigenvalue weighted by atomic mass is 9.93. The van der Waals surface area contributed by atoms with E-state index in [4.69, 9.17) is 0 Å². The van der Waals surface area contributed by atoms with Gasteiger partial charge in [0.15, 0.2) is 0 Å². The summed E-state index contributed by atoms with van der Waals surface area (Å²) in [6.45, 7) is 0.854. The summed E-state index contributed by atoms with van der Waals surface area (Å²) in [5.74, 6) is 0. The molecule has 0 aromatic heterocycles. The Morgan fingerprint density at radius 2 is 2.38 bits per heavy atom. The maximum atomic E-state index is 10.7. The Bertz CT molecular complexity index is 422. The highest BCUT2D eigenvalue weighted by Crippen LogP contribution is 2.30. The zero-order chi connectivity index (χ0) is 11.7. The highest BCUT2D eigenvalue weighted by Gasteiger charge is 2.28. The average Bonchev–Trinajstić information content (AvgIpc) is 2.22. The van der Waals surface area contributed by atoms with Crippen LogP contribution in [-0.4, -0.2) is 30.0 Å². The third-order valence-corrected chi connectivity index (χ3v) is 3.55. The molecule has 0 bridgehead atoms. The van der Waals surface area contributed by atoms with E-state index in [1.54, 1.807) is 0 Å². The number of nitro groups is 1. The van der Waals surface area contributed by atoms with Gasteiger partial charge in [0.05, 0.1) is 0 Å². The molecule has 0 saturated heterocycles. The van der Waals surface area contributed by atoms with Crippen molar-refractivity contribution in [1.82, 2.24) is 4.90 Å². The van der Waals surface area contributed by atoms with Crippen molar-refractivity contribution in [2.75, 3.05) is 20.1 Å². The molecular weight excluding hydrogens is 272 g/mol. The smallest absolute Gasteiger partial charge is 0.223 e. The largest absolute Gasteiger partial charge is 0.293 e. The van der Waals surface area contributed by atoms with Crippen LogP contribution in [-0.2, 0) is 6.42 Å². The van der Waals surface area contributed by atoms with Crippen LogP contribution in [0.25, 0.3) is 0 Å². The molecule has 4 nitrogen and oxygen atoms in total. The number of nitrogens with zero attached hydrogens (tertiary/aromatic N) is 2. The first-order valence-electron chi connectivity index (χ1n) is 5.18. The van der Waals surface area contributed by atoms with E-state index >= 15 is 0 Å². The summed E-state index contributed by atoms with van der Waals surface area (Å²) in [6.07, 6.45) is 0.966. The minimum atomic E-state index is -0.239. The standard InChI is InChI=1S/C11H13BrN2O2/c1-13-5-4-8-2-3-9(12)6-10(8)11(13)7-14(15)16/h2-3,6,11H,4-5,7H2,1H3/t11-/m0/s1. The molecule has 1 aliphatic heterocycles. The molecule has 0 spiro atoms. The number of benzene rings is 1. The van der Waals surface area contributed by atoms with Crippen LogP contribution in [0, 0.1) is 10.1 Å². The lowest BCUT2D eigenvalue weighted by Crippen LogP contribution is -2.36. The number of halogens is 1. The summed E-state index contributed by atoms with van der Waals surface area (Å²) in [6, 6.07) is 5.95. The van der Waals surface area contributed by atoms with Crippen molar-refractivity contribution in [1.29, 1.82) is 0 Å². The van der Waals surface area contributed by atoms with Gasteiger partial charge in [-0.2, -0.15) is 0 Å². The number of fused-ring (bicyclic) bond motifs is 1. The maximum absolute atomic E-state index is 10.7. The van der Waals surface area contributed by atoms with Crippen LogP contribution < -0.4 is 0 Å². The molecule has 1 aliphatic rings. The SMILES string of the molecule is CN1CCc2ccc(Br)cc2[C@@H]1C[N+](=O)[O-]. The fourth-order valence-electron chi connectivity index (χ4n) is 2.17. The molecule has 0 unspecified atom stereocenters. The van der Waals surface area contributed by atoms with Crippen LogP contribution in [0.15, 0.2) is 22.7 Å². The van der Waals surface area contributed by atoms with Gasteiger partial charge in [-0.3, -0.25) is 15.0 Å².